The van der Waals surface area contributed by atoms with Crippen LogP contribution in [0.5, 0.6) is 0 Å². The molecule has 0 saturated heterocycles. The molecule has 2 N–H and O–H groups in total. The largest absolute Gasteiger partial charge is 0.349 e. The molecule has 0 bridgehead atoms. The van der Waals surface area contributed by atoms with E-state index in [0.717, 1.165) is 42.4 Å². The lowest BCUT2D eigenvalue weighted by Gasteiger charge is -2.20. The van der Waals surface area contributed by atoms with Gasteiger partial charge in [-0.25, -0.2) is 4.98 Å². The van der Waals surface area contributed by atoms with Crippen LogP contribution in [0, 0.1) is 5.92 Å². The van der Waals surface area contributed by atoms with Gasteiger partial charge in [0.05, 0.1) is 17.6 Å². The monoisotopic (exact) mass is 390 g/mol. The van der Waals surface area contributed by atoms with Gasteiger partial charge in [-0.2, -0.15) is 0 Å². The van der Waals surface area contributed by atoms with Crippen LogP contribution >= 0.6 is 0 Å². The molecule has 1 saturated carbocycles. The van der Waals surface area contributed by atoms with Gasteiger partial charge in [0.1, 0.15) is 12.4 Å². The second-order valence-electron chi connectivity index (χ2n) is 7.57. The van der Waals surface area contributed by atoms with Crippen LogP contribution in [-0.2, 0) is 22.7 Å². The summed E-state index contributed by atoms with van der Waals surface area (Å²) in [6, 6.07) is 17.1. The summed E-state index contributed by atoms with van der Waals surface area (Å²) < 4.78 is 1.88. The van der Waals surface area contributed by atoms with Crippen molar-refractivity contribution in [3.63, 3.8) is 0 Å². The van der Waals surface area contributed by atoms with Crippen LogP contribution in [0.25, 0.3) is 11.0 Å². The number of amides is 2. The number of nitrogens with zero attached hydrogens (tertiary/aromatic N) is 2. The summed E-state index contributed by atoms with van der Waals surface area (Å²) in [4.78, 5) is 29.8. The van der Waals surface area contributed by atoms with Gasteiger partial charge in [0.2, 0.25) is 11.8 Å². The molecular formula is C23H26N4O2. The Morgan fingerprint density at radius 1 is 0.966 bits per heavy atom. The van der Waals surface area contributed by atoms with Gasteiger partial charge >= 0.3 is 0 Å². The fourth-order valence-electron chi connectivity index (χ4n) is 3.98. The summed E-state index contributed by atoms with van der Waals surface area (Å²) in [5, 5.41) is 5.95. The molecular weight excluding hydrogens is 364 g/mol. The number of imidazole rings is 1. The molecule has 1 aliphatic rings. The minimum Gasteiger partial charge on any atom is -0.349 e. The highest BCUT2D eigenvalue weighted by molar-refractivity contribution is 5.91. The van der Waals surface area contributed by atoms with Crippen molar-refractivity contribution in [1.29, 1.82) is 0 Å². The zero-order chi connectivity index (χ0) is 20.1. The zero-order valence-electron chi connectivity index (χ0n) is 16.4. The number of aromatic nitrogens is 2. The van der Waals surface area contributed by atoms with Crippen LogP contribution in [0.15, 0.2) is 54.6 Å². The minimum atomic E-state index is -0.126. The van der Waals surface area contributed by atoms with Crippen molar-refractivity contribution in [2.24, 2.45) is 5.92 Å². The van der Waals surface area contributed by atoms with E-state index in [4.69, 9.17) is 0 Å². The Bertz CT molecular complexity index is 991. The van der Waals surface area contributed by atoms with Crippen LogP contribution in [0.1, 0.15) is 37.9 Å². The number of para-hydroxylation sites is 3. The van der Waals surface area contributed by atoms with E-state index < -0.39 is 0 Å². The normalized spacial score (nSPS) is 14.6. The second kappa shape index (κ2) is 8.90. The molecule has 0 radical (unpaired) electrons. The van der Waals surface area contributed by atoms with Crippen molar-refractivity contribution in [3.05, 3.63) is 60.4 Å². The summed E-state index contributed by atoms with van der Waals surface area (Å²) >= 11 is 0. The fourth-order valence-corrected chi connectivity index (χ4v) is 3.98. The molecule has 1 heterocycles. The highest BCUT2D eigenvalue weighted by Crippen LogP contribution is 2.24. The predicted octanol–water partition coefficient (Wildman–Crippen LogP) is 3.87. The number of carbonyl (C=O) groups is 2. The molecule has 2 amide bonds. The smallest absolute Gasteiger partial charge is 0.244 e. The van der Waals surface area contributed by atoms with E-state index in [1.54, 1.807) is 0 Å². The van der Waals surface area contributed by atoms with Crippen molar-refractivity contribution < 1.29 is 9.59 Å². The fraction of sp³-hybridized carbons (Fsp3) is 0.348. The first kappa shape index (κ1) is 19.2. The summed E-state index contributed by atoms with van der Waals surface area (Å²) in [7, 11) is 0. The number of nitrogens with one attached hydrogen (secondary N) is 2. The predicted molar refractivity (Wildman–Crippen MR) is 113 cm³/mol. The van der Waals surface area contributed by atoms with Crippen molar-refractivity contribution in [1.82, 2.24) is 14.9 Å². The molecule has 6 nitrogen and oxygen atoms in total. The lowest BCUT2D eigenvalue weighted by molar-refractivity contribution is -0.126. The van der Waals surface area contributed by atoms with E-state index in [-0.39, 0.29) is 24.3 Å². The van der Waals surface area contributed by atoms with Crippen LogP contribution < -0.4 is 10.6 Å². The lowest BCUT2D eigenvalue weighted by atomic mass is 9.89. The van der Waals surface area contributed by atoms with Gasteiger partial charge < -0.3 is 15.2 Å². The van der Waals surface area contributed by atoms with E-state index in [0.29, 0.717) is 12.4 Å². The highest BCUT2D eigenvalue weighted by atomic mass is 16.2. The third-order valence-corrected chi connectivity index (χ3v) is 5.49. The van der Waals surface area contributed by atoms with E-state index in [1.165, 1.54) is 6.42 Å². The second-order valence-corrected chi connectivity index (χ2v) is 7.57. The lowest BCUT2D eigenvalue weighted by Crippen LogP contribution is -2.32. The van der Waals surface area contributed by atoms with Crippen molar-refractivity contribution in [2.45, 2.75) is 45.2 Å². The van der Waals surface area contributed by atoms with Crippen LogP contribution in [0.4, 0.5) is 5.69 Å². The van der Waals surface area contributed by atoms with Crippen molar-refractivity contribution in [3.8, 4) is 0 Å². The Labute approximate surface area is 170 Å². The first-order chi connectivity index (χ1) is 14.2. The van der Waals surface area contributed by atoms with Crippen LogP contribution in [0.3, 0.4) is 0 Å². The Hall–Kier alpha value is -3.15. The molecule has 4 rings (SSSR count). The number of hydrogen-bond acceptors (Lipinski definition) is 3. The van der Waals surface area contributed by atoms with Gasteiger partial charge in [0.25, 0.3) is 0 Å². The molecule has 150 valence electrons. The maximum Gasteiger partial charge on any atom is 0.244 e. The SMILES string of the molecule is O=C(Cn1c(CNC(=O)C2CCCCC2)nc2ccccc21)Nc1ccccc1. The molecule has 1 aromatic heterocycles. The molecule has 0 aliphatic heterocycles. The third-order valence-electron chi connectivity index (χ3n) is 5.49. The molecule has 0 unspecified atom stereocenters. The van der Waals surface area contributed by atoms with Crippen molar-refractivity contribution in [2.75, 3.05) is 5.32 Å². The van der Waals surface area contributed by atoms with E-state index in [1.807, 2.05) is 59.2 Å². The van der Waals surface area contributed by atoms with E-state index in [9.17, 15) is 9.59 Å². The Kier molecular flexibility index (Phi) is 5.89. The average Bonchev–Trinajstić information content (AvgIpc) is 3.10. The minimum absolute atomic E-state index is 0.0945. The molecule has 6 heteroatoms. The van der Waals surface area contributed by atoms with E-state index >= 15 is 0 Å². The van der Waals surface area contributed by atoms with Gasteiger partial charge in [-0.15, -0.1) is 0 Å². The first-order valence-electron chi connectivity index (χ1n) is 10.3. The van der Waals surface area contributed by atoms with Crippen LogP contribution in [-0.4, -0.2) is 21.4 Å². The van der Waals surface area contributed by atoms with Gasteiger partial charge in [0.15, 0.2) is 0 Å². The average molecular weight is 390 g/mol. The number of anilines is 1. The molecule has 2 aromatic carbocycles. The van der Waals surface area contributed by atoms with Crippen molar-refractivity contribution >= 4 is 28.5 Å². The van der Waals surface area contributed by atoms with Gasteiger partial charge in [-0.05, 0) is 37.1 Å². The number of fused-ring (bicyclic) bond motifs is 1. The number of hydrogen-bond donors (Lipinski definition) is 2. The van der Waals surface area contributed by atoms with Gasteiger partial charge in [0, 0.05) is 11.6 Å². The molecule has 1 aliphatic carbocycles. The first-order valence-corrected chi connectivity index (χ1v) is 10.3. The van der Waals surface area contributed by atoms with Gasteiger partial charge in [-0.1, -0.05) is 49.6 Å². The zero-order valence-corrected chi connectivity index (χ0v) is 16.4. The Balaban J connectivity index is 1.49. The topological polar surface area (TPSA) is 76.0 Å². The summed E-state index contributed by atoms with van der Waals surface area (Å²) in [6.45, 7) is 0.465. The van der Waals surface area contributed by atoms with Gasteiger partial charge in [-0.3, -0.25) is 9.59 Å². The molecule has 1 fully saturated rings. The molecule has 3 aromatic rings. The Morgan fingerprint density at radius 3 is 2.48 bits per heavy atom. The summed E-state index contributed by atoms with van der Waals surface area (Å²) in [5.74, 6) is 0.762. The standard InChI is InChI=1S/C23H26N4O2/c28-22(25-18-11-5-2-6-12-18)16-27-20-14-8-7-13-19(20)26-21(27)15-24-23(29)17-9-3-1-4-10-17/h2,5-8,11-14,17H,1,3-4,9-10,15-16H2,(H,24,29)(H,25,28). The molecule has 29 heavy (non-hydrogen) atoms. The van der Waals surface area contributed by atoms with E-state index in [2.05, 4.69) is 15.6 Å². The summed E-state index contributed by atoms with van der Waals surface area (Å²) in [6.07, 6.45) is 5.38. The molecule has 0 spiro atoms. The quantitative estimate of drug-likeness (QED) is 0.671. The highest BCUT2D eigenvalue weighted by Gasteiger charge is 2.22. The maximum atomic E-state index is 12.6. The summed E-state index contributed by atoms with van der Waals surface area (Å²) in [5.41, 5.74) is 2.47. The molecule has 0 atom stereocenters. The number of carbonyl (C=O) groups excluding carboxylic acids is 2. The number of rotatable bonds is 6. The maximum absolute atomic E-state index is 12.6. The Morgan fingerprint density at radius 2 is 1.69 bits per heavy atom. The third kappa shape index (κ3) is 4.65. The number of benzene rings is 2. The van der Waals surface area contributed by atoms with Crippen LogP contribution in [0.2, 0.25) is 0 Å².